The largest absolute Gasteiger partial charge is 0.503 e. The second kappa shape index (κ2) is 9.54. The SMILES string of the molecule is CC(C)(O)COc1ccc2cc(-c3ncnc(SCCc4ccccc4)c3O)ccc2n1. The van der Waals surface area contributed by atoms with Crippen LogP contribution in [0, 0.1) is 0 Å². The topological polar surface area (TPSA) is 88.4 Å². The molecule has 0 atom stereocenters. The first kappa shape index (κ1) is 22.0. The van der Waals surface area contributed by atoms with Gasteiger partial charge in [-0.15, -0.1) is 11.8 Å². The van der Waals surface area contributed by atoms with Gasteiger partial charge in [-0.3, -0.25) is 0 Å². The standard InChI is InChI=1S/C25H25N3O3S/c1-25(2,30)15-31-21-11-9-18-14-19(8-10-20(18)28-21)22-23(29)24(27-16-26-22)32-13-12-17-6-4-3-5-7-17/h3-11,14,16,29-30H,12-13,15H2,1-2H3. The van der Waals surface area contributed by atoms with Gasteiger partial charge >= 0.3 is 0 Å². The molecule has 2 aromatic carbocycles. The number of pyridine rings is 1. The molecule has 2 aromatic heterocycles. The maximum absolute atomic E-state index is 10.8. The van der Waals surface area contributed by atoms with Crippen LogP contribution in [0.3, 0.4) is 0 Å². The van der Waals surface area contributed by atoms with E-state index in [0.717, 1.165) is 28.6 Å². The fourth-order valence-electron chi connectivity index (χ4n) is 3.17. The van der Waals surface area contributed by atoms with Gasteiger partial charge in [0.25, 0.3) is 0 Å². The van der Waals surface area contributed by atoms with Gasteiger partial charge in [-0.25, -0.2) is 15.0 Å². The van der Waals surface area contributed by atoms with Crippen molar-refractivity contribution < 1.29 is 14.9 Å². The maximum atomic E-state index is 10.8. The minimum absolute atomic E-state index is 0.0861. The Morgan fingerprint density at radius 3 is 2.59 bits per heavy atom. The highest BCUT2D eigenvalue weighted by Crippen LogP contribution is 2.35. The van der Waals surface area contributed by atoms with Crippen LogP contribution in [0.2, 0.25) is 0 Å². The van der Waals surface area contributed by atoms with Crippen LogP contribution in [0.15, 0.2) is 72.0 Å². The minimum atomic E-state index is -0.929. The molecule has 0 bridgehead atoms. The fourth-order valence-corrected chi connectivity index (χ4v) is 4.06. The third kappa shape index (κ3) is 5.55. The molecule has 0 unspecified atom stereocenters. The molecule has 0 fully saturated rings. The summed E-state index contributed by atoms with van der Waals surface area (Å²) in [4.78, 5) is 13.1. The van der Waals surface area contributed by atoms with Crippen LogP contribution >= 0.6 is 11.8 Å². The number of aromatic nitrogens is 3. The van der Waals surface area contributed by atoms with Crippen LogP contribution in [0.5, 0.6) is 11.6 Å². The van der Waals surface area contributed by atoms with E-state index in [1.54, 1.807) is 19.9 Å². The summed E-state index contributed by atoms with van der Waals surface area (Å²) in [6, 6.07) is 19.6. The number of hydrogen-bond donors (Lipinski definition) is 2. The Bertz CT molecular complexity index is 1210. The number of aromatic hydroxyl groups is 1. The van der Waals surface area contributed by atoms with E-state index in [4.69, 9.17) is 4.74 Å². The molecule has 4 rings (SSSR count). The van der Waals surface area contributed by atoms with E-state index in [0.29, 0.717) is 16.6 Å². The van der Waals surface area contributed by atoms with Gasteiger partial charge < -0.3 is 14.9 Å². The number of rotatable bonds is 8. The zero-order valence-electron chi connectivity index (χ0n) is 18.0. The molecule has 0 aliphatic rings. The lowest BCUT2D eigenvalue weighted by atomic mass is 10.1. The number of aryl methyl sites for hydroxylation is 1. The third-order valence-electron chi connectivity index (χ3n) is 4.77. The van der Waals surface area contributed by atoms with Gasteiger partial charge in [0.1, 0.15) is 23.7 Å². The molecule has 4 aromatic rings. The molecule has 7 heteroatoms. The van der Waals surface area contributed by atoms with Gasteiger partial charge in [-0.2, -0.15) is 0 Å². The predicted molar refractivity (Wildman–Crippen MR) is 127 cm³/mol. The molecule has 0 spiro atoms. The second-order valence-corrected chi connectivity index (χ2v) is 9.20. The van der Waals surface area contributed by atoms with E-state index in [1.165, 1.54) is 23.7 Å². The van der Waals surface area contributed by atoms with Crippen molar-refractivity contribution in [2.24, 2.45) is 0 Å². The number of fused-ring (bicyclic) bond motifs is 1. The number of benzene rings is 2. The Morgan fingerprint density at radius 1 is 1.00 bits per heavy atom. The van der Waals surface area contributed by atoms with Crippen molar-refractivity contribution >= 4 is 22.7 Å². The quantitative estimate of drug-likeness (QED) is 0.294. The van der Waals surface area contributed by atoms with Gasteiger partial charge in [0.15, 0.2) is 5.75 Å². The van der Waals surface area contributed by atoms with E-state index < -0.39 is 5.60 Å². The summed E-state index contributed by atoms with van der Waals surface area (Å²) in [7, 11) is 0. The second-order valence-electron chi connectivity index (χ2n) is 8.12. The predicted octanol–water partition coefficient (Wildman–Crippen LogP) is 4.88. The van der Waals surface area contributed by atoms with E-state index in [-0.39, 0.29) is 12.4 Å². The van der Waals surface area contributed by atoms with Crippen molar-refractivity contribution in [2.75, 3.05) is 12.4 Å². The summed E-state index contributed by atoms with van der Waals surface area (Å²) in [6.45, 7) is 3.52. The summed E-state index contributed by atoms with van der Waals surface area (Å²) in [5.74, 6) is 1.35. The van der Waals surface area contributed by atoms with Crippen molar-refractivity contribution in [1.82, 2.24) is 15.0 Å². The Morgan fingerprint density at radius 2 is 1.81 bits per heavy atom. The molecular weight excluding hydrogens is 422 g/mol. The first-order valence-electron chi connectivity index (χ1n) is 10.4. The average Bonchev–Trinajstić information content (AvgIpc) is 2.79. The maximum Gasteiger partial charge on any atom is 0.213 e. The summed E-state index contributed by atoms with van der Waals surface area (Å²) < 4.78 is 5.57. The number of hydrogen-bond acceptors (Lipinski definition) is 7. The van der Waals surface area contributed by atoms with Crippen LogP contribution in [0.25, 0.3) is 22.2 Å². The number of ether oxygens (including phenoxy) is 1. The van der Waals surface area contributed by atoms with Crippen molar-refractivity contribution in [2.45, 2.75) is 30.9 Å². The van der Waals surface area contributed by atoms with Gasteiger partial charge in [-0.05, 0) is 44.0 Å². The molecule has 32 heavy (non-hydrogen) atoms. The molecule has 0 saturated carbocycles. The highest BCUT2D eigenvalue weighted by Gasteiger charge is 2.15. The molecule has 0 saturated heterocycles. The average molecular weight is 448 g/mol. The Balaban J connectivity index is 1.51. The van der Waals surface area contributed by atoms with Gasteiger partial charge in [-0.1, -0.05) is 36.4 Å². The lowest BCUT2D eigenvalue weighted by Crippen LogP contribution is -2.28. The molecule has 0 radical (unpaired) electrons. The Hall–Kier alpha value is -3.16. The molecule has 0 aliphatic heterocycles. The number of aliphatic hydroxyl groups is 1. The van der Waals surface area contributed by atoms with Crippen molar-refractivity contribution in [3.8, 4) is 22.9 Å². The zero-order valence-corrected chi connectivity index (χ0v) is 18.8. The lowest BCUT2D eigenvalue weighted by Gasteiger charge is -2.17. The molecular formula is C25H25N3O3S. The van der Waals surface area contributed by atoms with Crippen LogP contribution in [0.4, 0.5) is 0 Å². The van der Waals surface area contributed by atoms with E-state index >= 15 is 0 Å². The summed E-state index contributed by atoms with van der Waals surface area (Å²) in [5.41, 5.74) is 2.36. The first-order chi connectivity index (χ1) is 15.4. The normalized spacial score (nSPS) is 11.6. The molecule has 2 heterocycles. The van der Waals surface area contributed by atoms with Crippen LogP contribution in [-0.4, -0.2) is 43.1 Å². The van der Waals surface area contributed by atoms with Gasteiger partial charge in [0.05, 0.1) is 11.1 Å². The zero-order chi connectivity index (χ0) is 22.6. The first-order valence-corrected chi connectivity index (χ1v) is 11.3. The van der Waals surface area contributed by atoms with Crippen molar-refractivity contribution in [3.05, 3.63) is 72.6 Å². The van der Waals surface area contributed by atoms with E-state index in [9.17, 15) is 10.2 Å². The molecule has 2 N–H and O–H groups in total. The van der Waals surface area contributed by atoms with Crippen LogP contribution in [0.1, 0.15) is 19.4 Å². The summed E-state index contributed by atoms with van der Waals surface area (Å²) >= 11 is 1.51. The highest BCUT2D eigenvalue weighted by molar-refractivity contribution is 7.99. The Labute approximate surface area is 191 Å². The Kier molecular flexibility index (Phi) is 6.58. The lowest BCUT2D eigenvalue weighted by molar-refractivity contribution is 0.0269. The number of thioether (sulfide) groups is 1. The van der Waals surface area contributed by atoms with Crippen molar-refractivity contribution in [1.29, 1.82) is 0 Å². The molecule has 0 amide bonds. The van der Waals surface area contributed by atoms with Crippen LogP contribution in [-0.2, 0) is 6.42 Å². The van der Waals surface area contributed by atoms with Crippen molar-refractivity contribution in [3.63, 3.8) is 0 Å². The van der Waals surface area contributed by atoms with E-state index in [2.05, 4.69) is 27.1 Å². The third-order valence-corrected chi connectivity index (χ3v) is 5.75. The fraction of sp³-hybridized carbons (Fsp3) is 0.240. The van der Waals surface area contributed by atoms with Crippen LogP contribution < -0.4 is 4.74 Å². The van der Waals surface area contributed by atoms with E-state index in [1.807, 2.05) is 42.5 Å². The number of nitrogens with zero attached hydrogens (tertiary/aromatic N) is 3. The summed E-state index contributed by atoms with van der Waals surface area (Å²) in [6.07, 6.45) is 2.37. The van der Waals surface area contributed by atoms with Gasteiger partial charge in [0, 0.05) is 22.8 Å². The monoisotopic (exact) mass is 447 g/mol. The highest BCUT2D eigenvalue weighted by atomic mass is 32.2. The molecule has 164 valence electrons. The summed E-state index contributed by atoms with van der Waals surface area (Å²) in [5, 5.41) is 22.1. The van der Waals surface area contributed by atoms with Gasteiger partial charge in [0.2, 0.25) is 5.88 Å². The molecule has 0 aliphatic carbocycles. The molecule has 6 nitrogen and oxygen atoms in total. The minimum Gasteiger partial charge on any atom is -0.503 e. The smallest absolute Gasteiger partial charge is 0.213 e.